The number of nitrogens with zero attached hydrogens (tertiary/aromatic N) is 1. The Balaban J connectivity index is 1.43. The van der Waals surface area contributed by atoms with Crippen LogP contribution in [0.15, 0.2) is 72.8 Å². The van der Waals surface area contributed by atoms with Crippen LogP contribution in [-0.2, 0) is 4.79 Å². The van der Waals surface area contributed by atoms with Crippen LogP contribution < -0.4 is 15.4 Å². The predicted octanol–water partition coefficient (Wildman–Crippen LogP) is 5.06. The van der Waals surface area contributed by atoms with E-state index in [2.05, 4.69) is 15.5 Å². The first-order valence-corrected chi connectivity index (χ1v) is 11.8. The molecule has 2 amide bonds. The average molecular weight is 496 g/mol. The number of benzene rings is 3. The van der Waals surface area contributed by atoms with Crippen molar-refractivity contribution in [3.63, 3.8) is 0 Å². The van der Waals surface area contributed by atoms with Crippen molar-refractivity contribution in [3.05, 3.63) is 94.8 Å². The van der Waals surface area contributed by atoms with Crippen LogP contribution in [0.5, 0.6) is 5.75 Å². The number of hydrogen-bond acceptors (Lipinski definition) is 4. The molecule has 4 rings (SSSR count). The van der Waals surface area contributed by atoms with E-state index < -0.39 is 6.04 Å². The molecule has 1 saturated heterocycles. The van der Waals surface area contributed by atoms with Crippen molar-refractivity contribution >= 4 is 29.1 Å². The molecule has 35 heavy (non-hydrogen) atoms. The first-order chi connectivity index (χ1) is 16.9. The number of ether oxygens (including phenoxy) is 1. The number of methoxy groups -OCH3 is 1. The molecule has 0 aromatic heterocycles. The zero-order chi connectivity index (χ0) is 24.8. The summed E-state index contributed by atoms with van der Waals surface area (Å²) in [6, 6.07) is 19.7. The number of hydrogen-bond donors (Lipinski definition) is 2. The number of carbonyl (C=O) groups excluding carboxylic acids is 2. The third-order valence-corrected chi connectivity index (χ3v) is 6.41. The van der Waals surface area contributed by atoms with Crippen LogP contribution in [0.1, 0.15) is 34.8 Å². The Kier molecular flexibility index (Phi) is 8.00. The summed E-state index contributed by atoms with van der Waals surface area (Å²) < 4.78 is 18.3. The van der Waals surface area contributed by atoms with Gasteiger partial charge in [-0.15, -0.1) is 0 Å². The monoisotopic (exact) mass is 495 g/mol. The number of carbonyl (C=O) groups is 2. The van der Waals surface area contributed by atoms with Gasteiger partial charge in [0.05, 0.1) is 12.1 Å². The lowest BCUT2D eigenvalue weighted by Crippen LogP contribution is -2.48. The van der Waals surface area contributed by atoms with Gasteiger partial charge in [-0.3, -0.25) is 14.5 Å². The number of rotatable bonds is 7. The number of nitrogens with one attached hydrogen (secondary N) is 2. The molecule has 1 aliphatic rings. The Hall–Kier alpha value is -3.42. The maximum atomic E-state index is 13.4. The van der Waals surface area contributed by atoms with Gasteiger partial charge in [0, 0.05) is 30.4 Å². The molecule has 6 nitrogen and oxygen atoms in total. The first-order valence-electron chi connectivity index (χ1n) is 11.4. The minimum atomic E-state index is -0.495. The van der Waals surface area contributed by atoms with E-state index in [1.54, 1.807) is 18.2 Å². The molecule has 1 heterocycles. The number of amides is 2. The largest absolute Gasteiger partial charge is 0.495 e. The van der Waals surface area contributed by atoms with E-state index in [0.717, 1.165) is 5.56 Å². The molecule has 0 bridgehead atoms. The SMILES string of the molecule is COc1ccc(NC(=O)C(c2ccccc2)N2CCC(NC(=O)c3ccc(F)cc3)CC2)cc1Cl. The Morgan fingerprint density at radius 3 is 2.34 bits per heavy atom. The number of anilines is 1. The van der Waals surface area contributed by atoms with Crippen LogP contribution in [0.4, 0.5) is 10.1 Å². The normalized spacial score (nSPS) is 15.3. The third kappa shape index (κ3) is 6.18. The number of halogens is 2. The highest BCUT2D eigenvalue weighted by Gasteiger charge is 2.31. The summed E-state index contributed by atoms with van der Waals surface area (Å²) in [5.74, 6) is -0.227. The molecule has 3 aromatic carbocycles. The molecule has 8 heteroatoms. The van der Waals surface area contributed by atoms with E-state index in [9.17, 15) is 14.0 Å². The Bertz CT molecular complexity index is 1170. The summed E-state index contributed by atoms with van der Waals surface area (Å²) in [6.07, 6.45) is 1.38. The smallest absolute Gasteiger partial charge is 0.251 e. The Labute approximate surface area is 209 Å². The van der Waals surface area contributed by atoms with Crippen LogP contribution in [0.2, 0.25) is 5.02 Å². The zero-order valence-corrected chi connectivity index (χ0v) is 20.1. The molecular formula is C27H27ClFN3O3. The predicted molar refractivity (Wildman–Crippen MR) is 134 cm³/mol. The topological polar surface area (TPSA) is 70.7 Å². The lowest BCUT2D eigenvalue weighted by Gasteiger charge is -2.37. The van der Waals surface area contributed by atoms with Gasteiger partial charge in [-0.1, -0.05) is 41.9 Å². The first kappa shape index (κ1) is 24.7. The van der Waals surface area contributed by atoms with Gasteiger partial charge in [-0.2, -0.15) is 0 Å². The molecule has 0 saturated carbocycles. The van der Waals surface area contributed by atoms with Crippen molar-refractivity contribution in [1.29, 1.82) is 0 Å². The van der Waals surface area contributed by atoms with Crippen molar-refractivity contribution in [1.82, 2.24) is 10.2 Å². The van der Waals surface area contributed by atoms with Gasteiger partial charge >= 0.3 is 0 Å². The highest BCUT2D eigenvalue weighted by molar-refractivity contribution is 6.32. The standard InChI is InChI=1S/C27H27ClFN3O3/c1-35-24-12-11-22(17-23(24)28)31-27(34)25(18-5-3-2-4-6-18)32-15-13-21(14-16-32)30-26(33)19-7-9-20(29)10-8-19/h2-12,17,21,25H,13-16H2,1H3,(H,30,33)(H,31,34). The summed E-state index contributed by atoms with van der Waals surface area (Å²) in [5, 5.41) is 6.42. The lowest BCUT2D eigenvalue weighted by atomic mass is 9.98. The lowest BCUT2D eigenvalue weighted by molar-refractivity contribution is -0.122. The van der Waals surface area contributed by atoms with Crippen molar-refractivity contribution < 1.29 is 18.7 Å². The van der Waals surface area contributed by atoms with E-state index in [1.807, 2.05) is 30.3 Å². The molecule has 2 N–H and O–H groups in total. The maximum absolute atomic E-state index is 13.4. The molecule has 1 unspecified atom stereocenters. The fourth-order valence-electron chi connectivity index (χ4n) is 4.29. The van der Waals surface area contributed by atoms with Crippen LogP contribution in [0.25, 0.3) is 0 Å². The van der Waals surface area contributed by atoms with Gasteiger partial charge in [0.1, 0.15) is 17.6 Å². The van der Waals surface area contributed by atoms with Crippen LogP contribution in [0, 0.1) is 5.82 Å². The second-order valence-corrected chi connectivity index (χ2v) is 8.85. The molecule has 0 aliphatic carbocycles. The summed E-state index contributed by atoms with van der Waals surface area (Å²) >= 11 is 6.23. The highest BCUT2D eigenvalue weighted by Crippen LogP contribution is 2.30. The highest BCUT2D eigenvalue weighted by atomic mass is 35.5. The van der Waals surface area contributed by atoms with Crippen molar-refractivity contribution in [2.24, 2.45) is 0 Å². The zero-order valence-electron chi connectivity index (χ0n) is 19.3. The molecule has 1 atom stereocenters. The summed E-state index contributed by atoms with van der Waals surface area (Å²) in [4.78, 5) is 28.1. The van der Waals surface area contributed by atoms with E-state index in [1.165, 1.54) is 31.4 Å². The van der Waals surface area contributed by atoms with Gasteiger partial charge < -0.3 is 15.4 Å². The summed E-state index contributed by atoms with van der Waals surface area (Å²) in [6.45, 7) is 1.26. The molecule has 182 valence electrons. The van der Waals surface area contributed by atoms with Crippen molar-refractivity contribution in [3.8, 4) is 5.75 Å². The molecule has 1 fully saturated rings. The van der Waals surface area contributed by atoms with Crippen LogP contribution >= 0.6 is 11.6 Å². The Morgan fingerprint density at radius 2 is 1.71 bits per heavy atom. The molecule has 0 radical (unpaired) electrons. The van der Waals surface area contributed by atoms with Crippen LogP contribution in [0.3, 0.4) is 0 Å². The second kappa shape index (κ2) is 11.3. The van der Waals surface area contributed by atoms with Gasteiger partial charge in [-0.25, -0.2) is 4.39 Å². The number of likely N-dealkylation sites (tertiary alicyclic amines) is 1. The average Bonchev–Trinajstić information content (AvgIpc) is 2.86. The summed E-state index contributed by atoms with van der Waals surface area (Å²) in [5.41, 5.74) is 1.90. The molecule has 1 aliphatic heterocycles. The van der Waals surface area contributed by atoms with Crippen molar-refractivity contribution in [2.75, 3.05) is 25.5 Å². The fourth-order valence-corrected chi connectivity index (χ4v) is 4.55. The maximum Gasteiger partial charge on any atom is 0.251 e. The van der Waals surface area contributed by atoms with Gasteiger partial charge in [-0.05, 0) is 60.9 Å². The minimum absolute atomic E-state index is 0.0244. The van der Waals surface area contributed by atoms with E-state index in [0.29, 0.717) is 48.0 Å². The molecule has 3 aromatic rings. The van der Waals surface area contributed by atoms with Crippen molar-refractivity contribution in [2.45, 2.75) is 24.9 Å². The Morgan fingerprint density at radius 1 is 1.03 bits per heavy atom. The van der Waals surface area contributed by atoms with E-state index in [4.69, 9.17) is 16.3 Å². The van der Waals surface area contributed by atoms with Gasteiger partial charge in [0.2, 0.25) is 5.91 Å². The summed E-state index contributed by atoms with van der Waals surface area (Å²) in [7, 11) is 1.54. The van der Waals surface area contributed by atoms with Crippen LogP contribution in [-0.4, -0.2) is 43.0 Å². The van der Waals surface area contributed by atoms with Gasteiger partial charge in [0.15, 0.2) is 0 Å². The van der Waals surface area contributed by atoms with E-state index >= 15 is 0 Å². The molecule has 0 spiro atoms. The van der Waals surface area contributed by atoms with Gasteiger partial charge in [0.25, 0.3) is 5.91 Å². The second-order valence-electron chi connectivity index (χ2n) is 8.44. The third-order valence-electron chi connectivity index (χ3n) is 6.12. The minimum Gasteiger partial charge on any atom is -0.495 e. The number of piperidine rings is 1. The fraction of sp³-hybridized carbons (Fsp3) is 0.259. The molecular weight excluding hydrogens is 469 g/mol. The van der Waals surface area contributed by atoms with E-state index in [-0.39, 0.29) is 23.7 Å². The quantitative estimate of drug-likeness (QED) is 0.480.